The van der Waals surface area contributed by atoms with Gasteiger partial charge in [-0.1, -0.05) is 17.7 Å². The van der Waals surface area contributed by atoms with Crippen molar-refractivity contribution in [2.75, 3.05) is 16.8 Å². The van der Waals surface area contributed by atoms with Crippen molar-refractivity contribution in [2.24, 2.45) is 5.92 Å². The number of hydrogen-bond donors (Lipinski definition) is 1. The molecule has 0 aliphatic carbocycles. The molecule has 1 aliphatic rings. The first-order valence-electron chi connectivity index (χ1n) is 8.65. The highest BCUT2D eigenvalue weighted by Crippen LogP contribution is 2.29. The minimum Gasteiger partial charge on any atom is -0.441 e. The third-order valence-electron chi connectivity index (χ3n) is 4.72. The lowest BCUT2D eigenvalue weighted by atomic mass is 10.1. The van der Waals surface area contributed by atoms with E-state index in [1.54, 1.807) is 30.0 Å². The van der Waals surface area contributed by atoms with Crippen LogP contribution in [0.25, 0.3) is 11.1 Å². The van der Waals surface area contributed by atoms with Gasteiger partial charge in [0.25, 0.3) is 0 Å². The van der Waals surface area contributed by atoms with Crippen LogP contribution in [0.3, 0.4) is 0 Å². The highest BCUT2D eigenvalue weighted by molar-refractivity contribution is 6.31. The topological polar surface area (TPSA) is 75.4 Å². The van der Waals surface area contributed by atoms with Gasteiger partial charge in [0.1, 0.15) is 5.52 Å². The van der Waals surface area contributed by atoms with Crippen LogP contribution < -0.4 is 10.2 Å². The van der Waals surface area contributed by atoms with Crippen LogP contribution in [0.2, 0.25) is 5.02 Å². The number of amides is 2. The van der Waals surface area contributed by atoms with Crippen molar-refractivity contribution < 1.29 is 14.0 Å². The van der Waals surface area contributed by atoms with Gasteiger partial charge in [-0.2, -0.15) is 0 Å². The molecule has 1 saturated heterocycles. The molecular formula is C20H18ClN3O3. The number of anilines is 2. The lowest BCUT2D eigenvalue weighted by molar-refractivity contribution is -0.122. The van der Waals surface area contributed by atoms with Crippen molar-refractivity contribution in [3.8, 4) is 0 Å². The lowest BCUT2D eigenvalue weighted by Gasteiger charge is -2.16. The molecule has 2 amide bonds. The summed E-state index contributed by atoms with van der Waals surface area (Å²) in [6.45, 7) is 4.00. The summed E-state index contributed by atoms with van der Waals surface area (Å²) in [5.41, 5.74) is 3.65. The summed E-state index contributed by atoms with van der Waals surface area (Å²) in [4.78, 5) is 31.0. The smallest absolute Gasteiger partial charge is 0.229 e. The normalized spacial score (nSPS) is 16.9. The van der Waals surface area contributed by atoms with Crippen molar-refractivity contribution in [3.63, 3.8) is 0 Å². The van der Waals surface area contributed by atoms with Crippen LogP contribution in [-0.2, 0) is 9.59 Å². The van der Waals surface area contributed by atoms with Crippen molar-refractivity contribution in [1.29, 1.82) is 0 Å². The van der Waals surface area contributed by atoms with Gasteiger partial charge < -0.3 is 14.6 Å². The average Bonchev–Trinajstić information content (AvgIpc) is 3.19. The van der Waals surface area contributed by atoms with Gasteiger partial charge in [-0.25, -0.2) is 4.98 Å². The van der Waals surface area contributed by atoms with E-state index in [0.717, 1.165) is 11.3 Å². The Bertz CT molecular complexity index is 1060. The lowest BCUT2D eigenvalue weighted by Crippen LogP contribution is -2.28. The Morgan fingerprint density at radius 2 is 2.07 bits per heavy atom. The number of aromatic nitrogens is 1. The Labute approximate surface area is 161 Å². The van der Waals surface area contributed by atoms with Gasteiger partial charge in [-0.05, 0) is 42.8 Å². The number of rotatable bonds is 3. The maximum atomic E-state index is 12.6. The summed E-state index contributed by atoms with van der Waals surface area (Å²) in [7, 11) is 0. The molecule has 27 heavy (non-hydrogen) atoms. The SMILES string of the molecule is Cc1nc2cc(N3CC(C(=O)Nc4ccc(C)c(Cl)c4)CC3=O)ccc2o1. The van der Waals surface area contributed by atoms with Gasteiger partial charge in [0.05, 0.1) is 5.92 Å². The number of fused-ring (bicyclic) bond motifs is 1. The van der Waals surface area contributed by atoms with E-state index >= 15 is 0 Å². The zero-order valence-electron chi connectivity index (χ0n) is 15.0. The summed E-state index contributed by atoms with van der Waals surface area (Å²) >= 11 is 6.11. The van der Waals surface area contributed by atoms with Crippen LogP contribution >= 0.6 is 11.6 Å². The zero-order valence-corrected chi connectivity index (χ0v) is 15.7. The molecule has 1 fully saturated rings. The molecule has 1 aliphatic heterocycles. The van der Waals surface area contributed by atoms with Crippen LogP contribution in [0.5, 0.6) is 0 Å². The van der Waals surface area contributed by atoms with E-state index in [2.05, 4.69) is 10.3 Å². The number of benzene rings is 2. The van der Waals surface area contributed by atoms with Crippen molar-refractivity contribution >= 4 is 45.9 Å². The molecule has 1 N–H and O–H groups in total. The Balaban J connectivity index is 1.50. The van der Waals surface area contributed by atoms with Crippen molar-refractivity contribution in [2.45, 2.75) is 20.3 Å². The van der Waals surface area contributed by atoms with Gasteiger partial charge in [0, 0.05) is 36.3 Å². The van der Waals surface area contributed by atoms with Gasteiger partial charge in [-0.3, -0.25) is 9.59 Å². The molecule has 3 aromatic rings. The Morgan fingerprint density at radius 3 is 2.85 bits per heavy atom. The molecule has 6 nitrogen and oxygen atoms in total. The predicted octanol–water partition coefficient (Wildman–Crippen LogP) is 4.09. The van der Waals surface area contributed by atoms with Crippen LogP contribution in [-0.4, -0.2) is 23.3 Å². The van der Waals surface area contributed by atoms with Gasteiger partial charge in [0.15, 0.2) is 11.5 Å². The number of nitrogens with one attached hydrogen (secondary N) is 1. The number of aryl methyl sites for hydroxylation is 2. The second-order valence-corrected chi connectivity index (χ2v) is 7.15. The number of carbonyl (C=O) groups excluding carboxylic acids is 2. The number of oxazole rings is 1. The summed E-state index contributed by atoms with van der Waals surface area (Å²) in [5, 5.41) is 3.44. The quantitative estimate of drug-likeness (QED) is 0.739. The van der Waals surface area contributed by atoms with E-state index in [1.165, 1.54) is 0 Å². The fourth-order valence-corrected chi connectivity index (χ4v) is 3.43. The molecule has 7 heteroatoms. The molecule has 1 aromatic heterocycles. The molecule has 138 valence electrons. The number of halogens is 1. The molecule has 0 bridgehead atoms. The Hall–Kier alpha value is -2.86. The van der Waals surface area contributed by atoms with Gasteiger partial charge in [-0.15, -0.1) is 0 Å². The number of nitrogens with zero attached hydrogens (tertiary/aromatic N) is 2. The largest absolute Gasteiger partial charge is 0.441 e. The molecule has 1 unspecified atom stereocenters. The Kier molecular flexibility index (Phi) is 4.36. The first kappa shape index (κ1) is 17.5. The van der Waals surface area contributed by atoms with E-state index in [-0.39, 0.29) is 18.2 Å². The second kappa shape index (κ2) is 6.70. The monoisotopic (exact) mass is 383 g/mol. The first-order chi connectivity index (χ1) is 12.9. The minimum absolute atomic E-state index is 0.0864. The maximum Gasteiger partial charge on any atom is 0.229 e. The fraction of sp³-hybridized carbons (Fsp3) is 0.250. The maximum absolute atomic E-state index is 12.6. The van der Waals surface area contributed by atoms with Crippen molar-refractivity contribution in [1.82, 2.24) is 4.98 Å². The molecule has 4 rings (SSSR count). The summed E-state index contributed by atoms with van der Waals surface area (Å²) < 4.78 is 5.47. The van der Waals surface area contributed by atoms with E-state index < -0.39 is 5.92 Å². The highest BCUT2D eigenvalue weighted by Gasteiger charge is 2.35. The summed E-state index contributed by atoms with van der Waals surface area (Å²) in [6.07, 6.45) is 0.168. The summed E-state index contributed by atoms with van der Waals surface area (Å²) in [5.74, 6) is -0.128. The molecular weight excluding hydrogens is 366 g/mol. The van der Waals surface area contributed by atoms with Crippen LogP contribution in [0.4, 0.5) is 11.4 Å². The Morgan fingerprint density at radius 1 is 1.26 bits per heavy atom. The van der Waals surface area contributed by atoms with E-state index in [0.29, 0.717) is 34.2 Å². The third kappa shape index (κ3) is 3.40. The van der Waals surface area contributed by atoms with E-state index in [4.69, 9.17) is 16.0 Å². The molecule has 0 spiro atoms. The molecule has 0 saturated carbocycles. The highest BCUT2D eigenvalue weighted by atomic mass is 35.5. The predicted molar refractivity (Wildman–Crippen MR) is 104 cm³/mol. The third-order valence-corrected chi connectivity index (χ3v) is 5.13. The number of hydrogen-bond acceptors (Lipinski definition) is 4. The van der Waals surface area contributed by atoms with E-state index in [1.807, 2.05) is 25.1 Å². The van der Waals surface area contributed by atoms with Gasteiger partial charge >= 0.3 is 0 Å². The average molecular weight is 384 g/mol. The number of carbonyl (C=O) groups is 2. The fourth-order valence-electron chi connectivity index (χ4n) is 3.25. The molecule has 2 aromatic carbocycles. The molecule has 2 heterocycles. The zero-order chi connectivity index (χ0) is 19.1. The second-order valence-electron chi connectivity index (χ2n) is 6.74. The van der Waals surface area contributed by atoms with Crippen LogP contribution in [0, 0.1) is 19.8 Å². The standard InChI is InChI=1S/C20H18ClN3O3/c1-11-3-4-14(8-16(11)21)23-20(26)13-7-19(25)24(10-13)15-5-6-18-17(9-15)22-12(2)27-18/h3-6,8-9,13H,7,10H2,1-2H3,(H,23,26). The summed E-state index contributed by atoms with van der Waals surface area (Å²) in [6, 6.07) is 10.8. The van der Waals surface area contributed by atoms with Gasteiger partial charge in [0.2, 0.25) is 11.8 Å². The minimum atomic E-state index is -0.424. The first-order valence-corrected chi connectivity index (χ1v) is 9.03. The van der Waals surface area contributed by atoms with E-state index in [9.17, 15) is 9.59 Å². The van der Waals surface area contributed by atoms with Crippen LogP contribution in [0.1, 0.15) is 17.9 Å². The molecule has 0 radical (unpaired) electrons. The van der Waals surface area contributed by atoms with Crippen LogP contribution in [0.15, 0.2) is 40.8 Å². The molecule has 1 atom stereocenters. The van der Waals surface area contributed by atoms with Crippen molar-refractivity contribution in [3.05, 3.63) is 52.9 Å².